The van der Waals surface area contributed by atoms with E-state index in [1.54, 1.807) is 6.07 Å². The predicted octanol–water partition coefficient (Wildman–Crippen LogP) is 2.75. The number of carbonyl (C=O) groups excluding carboxylic acids is 1. The number of benzene rings is 1. The highest BCUT2D eigenvalue weighted by atomic mass is 32.2. The Hall–Kier alpha value is -1.80. The van der Waals surface area contributed by atoms with Crippen LogP contribution in [0.4, 0.5) is 0 Å². The Morgan fingerprint density at radius 2 is 1.79 bits per heavy atom. The van der Waals surface area contributed by atoms with Gasteiger partial charge in [0.1, 0.15) is 0 Å². The second kappa shape index (κ2) is 10.1. The minimum atomic E-state index is -3.64. The lowest BCUT2D eigenvalue weighted by Gasteiger charge is -2.33. The Morgan fingerprint density at radius 1 is 1.14 bits per heavy atom. The highest BCUT2D eigenvalue weighted by Crippen LogP contribution is 2.32. The van der Waals surface area contributed by atoms with Crippen LogP contribution in [0.25, 0.3) is 0 Å². The number of hydrogen-bond acceptors (Lipinski definition) is 5. The van der Waals surface area contributed by atoms with E-state index in [2.05, 4.69) is 6.92 Å². The number of nitrogens with zero attached hydrogens (tertiary/aromatic N) is 2. The molecule has 158 valence electrons. The average molecular weight is 413 g/mol. The highest BCUT2D eigenvalue weighted by Gasteiger charge is 2.33. The van der Waals surface area contributed by atoms with Crippen molar-refractivity contribution in [1.82, 2.24) is 9.21 Å². The molecule has 1 saturated heterocycles. The van der Waals surface area contributed by atoms with Gasteiger partial charge in [0.05, 0.1) is 19.1 Å². The average Bonchev–Trinajstić information content (AvgIpc) is 2.73. The number of sulfonamides is 1. The maximum absolute atomic E-state index is 13.0. The van der Waals surface area contributed by atoms with Crippen LogP contribution in [0.1, 0.15) is 39.5 Å². The van der Waals surface area contributed by atoms with Gasteiger partial charge in [-0.15, -0.1) is 0 Å². The second-order valence-electron chi connectivity index (χ2n) is 6.97. The van der Waals surface area contributed by atoms with Gasteiger partial charge in [-0.25, -0.2) is 8.42 Å². The van der Waals surface area contributed by atoms with Crippen LogP contribution in [0.3, 0.4) is 0 Å². The van der Waals surface area contributed by atoms with Crippen molar-refractivity contribution in [2.24, 2.45) is 5.92 Å². The quantitative estimate of drug-likeness (QED) is 0.623. The Bertz CT molecular complexity index is 758. The molecule has 0 spiro atoms. The molecular formula is C20H32N2O5S. The Morgan fingerprint density at radius 3 is 2.32 bits per heavy atom. The molecule has 1 aliphatic heterocycles. The fourth-order valence-electron chi connectivity index (χ4n) is 3.50. The van der Waals surface area contributed by atoms with Crippen LogP contribution in [0, 0.1) is 5.92 Å². The smallest absolute Gasteiger partial charge is 0.243 e. The lowest BCUT2D eigenvalue weighted by molar-refractivity contribution is -0.136. The number of piperidine rings is 1. The Kier molecular flexibility index (Phi) is 8.12. The van der Waals surface area contributed by atoms with Crippen molar-refractivity contribution in [3.8, 4) is 11.5 Å². The third kappa shape index (κ3) is 4.97. The molecular weight excluding hydrogens is 380 g/mol. The molecule has 0 radical (unpaired) electrons. The molecule has 1 aliphatic rings. The third-order valence-electron chi connectivity index (χ3n) is 5.27. The fraction of sp³-hybridized carbons (Fsp3) is 0.650. The van der Waals surface area contributed by atoms with Gasteiger partial charge in [0, 0.05) is 38.2 Å². The molecule has 0 aliphatic carbocycles. The lowest BCUT2D eigenvalue weighted by atomic mass is 9.96. The van der Waals surface area contributed by atoms with E-state index in [1.165, 1.54) is 30.7 Å². The highest BCUT2D eigenvalue weighted by molar-refractivity contribution is 7.89. The molecule has 28 heavy (non-hydrogen) atoms. The van der Waals surface area contributed by atoms with E-state index in [-0.39, 0.29) is 16.7 Å². The molecule has 7 nitrogen and oxygen atoms in total. The van der Waals surface area contributed by atoms with E-state index in [0.29, 0.717) is 44.0 Å². The van der Waals surface area contributed by atoms with Crippen LogP contribution < -0.4 is 9.47 Å². The van der Waals surface area contributed by atoms with Gasteiger partial charge in [-0.1, -0.05) is 13.3 Å². The van der Waals surface area contributed by atoms with Gasteiger partial charge in [0.15, 0.2) is 11.5 Å². The summed E-state index contributed by atoms with van der Waals surface area (Å²) in [5.74, 6) is 0.911. The van der Waals surface area contributed by atoms with E-state index in [1.807, 2.05) is 11.8 Å². The lowest BCUT2D eigenvalue weighted by Crippen LogP contribution is -2.44. The number of carbonyl (C=O) groups is 1. The zero-order valence-electron chi connectivity index (χ0n) is 17.3. The molecule has 1 heterocycles. The second-order valence-corrected chi connectivity index (χ2v) is 8.90. The fourth-order valence-corrected chi connectivity index (χ4v) is 4.99. The SMILES string of the molecule is CCCCN(CC)C(=O)C1CCN(S(=O)(=O)c2ccc(OC)c(OC)c2)CC1. The monoisotopic (exact) mass is 412 g/mol. The van der Waals surface area contributed by atoms with Gasteiger partial charge >= 0.3 is 0 Å². The van der Waals surface area contributed by atoms with Crippen LogP contribution in [-0.2, 0) is 14.8 Å². The van der Waals surface area contributed by atoms with E-state index in [4.69, 9.17) is 9.47 Å². The van der Waals surface area contributed by atoms with Crippen molar-refractivity contribution >= 4 is 15.9 Å². The Balaban J connectivity index is 2.06. The standard InChI is InChI=1S/C20H32N2O5S/c1-5-7-12-21(6-2)20(23)16-10-13-22(14-11-16)28(24,25)17-8-9-18(26-3)19(15-17)27-4/h8-9,15-16H,5-7,10-14H2,1-4H3. The van der Waals surface area contributed by atoms with Crippen LogP contribution in [0.15, 0.2) is 23.1 Å². The first-order valence-corrected chi connectivity index (χ1v) is 11.3. The molecule has 8 heteroatoms. The summed E-state index contributed by atoms with van der Waals surface area (Å²) in [5, 5.41) is 0. The molecule has 0 N–H and O–H groups in total. The summed E-state index contributed by atoms with van der Waals surface area (Å²) in [6, 6.07) is 4.60. The molecule has 1 fully saturated rings. The van der Waals surface area contributed by atoms with E-state index < -0.39 is 10.0 Å². The predicted molar refractivity (Wildman–Crippen MR) is 108 cm³/mol. The first-order valence-electron chi connectivity index (χ1n) is 9.89. The van der Waals surface area contributed by atoms with Crippen LogP contribution >= 0.6 is 0 Å². The number of ether oxygens (including phenoxy) is 2. The minimum absolute atomic E-state index is 0.103. The van der Waals surface area contributed by atoms with Crippen molar-refractivity contribution in [3.63, 3.8) is 0 Å². The summed E-state index contributed by atoms with van der Waals surface area (Å²) in [7, 11) is -0.652. The molecule has 1 aromatic rings. The number of hydrogen-bond donors (Lipinski definition) is 0. The largest absolute Gasteiger partial charge is 0.493 e. The maximum atomic E-state index is 13.0. The maximum Gasteiger partial charge on any atom is 0.243 e. The molecule has 0 atom stereocenters. The summed E-state index contributed by atoms with van der Waals surface area (Å²) in [6.07, 6.45) is 3.14. The van der Waals surface area contributed by atoms with Gasteiger partial charge < -0.3 is 14.4 Å². The Labute approximate surface area is 168 Å². The van der Waals surface area contributed by atoms with Crippen LogP contribution in [-0.4, -0.2) is 63.9 Å². The summed E-state index contributed by atoms with van der Waals surface area (Å²) in [6.45, 7) is 6.26. The van der Waals surface area contributed by atoms with Crippen molar-refractivity contribution in [3.05, 3.63) is 18.2 Å². The third-order valence-corrected chi connectivity index (χ3v) is 7.17. The first-order chi connectivity index (χ1) is 13.4. The van der Waals surface area contributed by atoms with Gasteiger partial charge in [-0.2, -0.15) is 4.31 Å². The number of methoxy groups -OCH3 is 2. The normalized spacial score (nSPS) is 16.0. The molecule has 0 bridgehead atoms. The molecule has 0 unspecified atom stereocenters. The summed E-state index contributed by atoms with van der Waals surface area (Å²) >= 11 is 0. The van der Waals surface area contributed by atoms with Gasteiger partial charge in [0.25, 0.3) is 0 Å². The van der Waals surface area contributed by atoms with Crippen molar-refractivity contribution < 1.29 is 22.7 Å². The van der Waals surface area contributed by atoms with E-state index in [0.717, 1.165) is 19.4 Å². The number of amides is 1. The minimum Gasteiger partial charge on any atom is -0.493 e. The number of unbranched alkanes of at least 4 members (excludes halogenated alkanes) is 1. The molecule has 1 aromatic carbocycles. The zero-order chi connectivity index (χ0) is 20.7. The van der Waals surface area contributed by atoms with E-state index >= 15 is 0 Å². The van der Waals surface area contributed by atoms with Crippen LogP contribution in [0.5, 0.6) is 11.5 Å². The van der Waals surface area contributed by atoms with Crippen molar-refractivity contribution in [2.45, 2.75) is 44.4 Å². The van der Waals surface area contributed by atoms with Gasteiger partial charge in [0.2, 0.25) is 15.9 Å². The van der Waals surface area contributed by atoms with Gasteiger partial charge in [-0.3, -0.25) is 4.79 Å². The summed E-state index contributed by atoms with van der Waals surface area (Å²) in [5.41, 5.74) is 0. The number of rotatable bonds is 9. The molecule has 0 saturated carbocycles. The van der Waals surface area contributed by atoms with Crippen molar-refractivity contribution in [2.75, 3.05) is 40.4 Å². The van der Waals surface area contributed by atoms with Gasteiger partial charge in [-0.05, 0) is 38.3 Å². The topological polar surface area (TPSA) is 76.2 Å². The molecule has 1 amide bonds. The molecule has 0 aromatic heterocycles. The van der Waals surface area contributed by atoms with E-state index in [9.17, 15) is 13.2 Å². The zero-order valence-corrected chi connectivity index (χ0v) is 18.1. The van der Waals surface area contributed by atoms with Crippen LogP contribution in [0.2, 0.25) is 0 Å². The summed E-state index contributed by atoms with van der Waals surface area (Å²) in [4.78, 5) is 14.8. The summed E-state index contributed by atoms with van der Waals surface area (Å²) < 4.78 is 37.8. The first kappa shape index (κ1) is 22.5. The molecule has 2 rings (SSSR count). The van der Waals surface area contributed by atoms with Crippen molar-refractivity contribution in [1.29, 1.82) is 0 Å².